The lowest BCUT2D eigenvalue weighted by atomic mass is 9.83. The number of carbonyl (C=O) groups excluding carboxylic acids is 2. The van der Waals surface area contributed by atoms with Crippen LogP contribution in [-0.2, 0) is 38.0 Å². The van der Waals surface area contributed by atoms with E-state index in [1.807, 2.05) is 0 Å². The zero-order valence-corrected chi connectivity index (χ0v) is 20.6. The van der Waals surface area contributed by atoms with Crippen LogP contribution in [0.4, 0.5) is 17.6 Å². The van der Waals surface area contributed by atoms with Crippen molar-refractivity contribution in [2.45, 2.75) is 77.8 Å². The summed E-state index contributed by atoms with van der Waals surface area (Å²) in [5.74, 6) is -5.26. The maximum atomic E-state index is 12.3. The average Bonchev–Trinajstić information content (AvgIpc) is 2.80. The molecule has 0 aromatic carbocycles. The first-order valence-electron chi connectivity index (χ1n) is 11.0. The van der Waals surface area contributed by atoms with Gasteiger partial charge in [-0.3, -0.25) is 9.59 Å². The predicted octanol–water partition coefficient (Wildman–Crippen LogP) is 3.95. The van der Waals surface area contributed by atoms with Gasteiger partial charge in [0.05, 0.1) is 40.6 Å². The van der Waals surface area contributed by atoms with Gasteiger partial charge in [-0.15, -0.1) is 0 Å². The second kappa shape index (κ2) is 12.5. The number of methoxy groups -OCH3 is 2. The minimum Gasteiger partial charge on any atom is -0.469 e. The van der Waals surface area contributed by atoms with E-state index in [4.69, 9.17) is 9.47 Å². The molecule has 0 saturated carbocycles. The Kier molecular flexibility index (Phi) is 11.2. The second-order valence-electron chi connectivity index (χ2n) is 9.27. The molecule has 0 unspecified atom stereocenters. The molecular weight excluding hydrogens is 468 g/mol. The van der Waals surface area contributed by atoms with E-state index < -0.39 is 41.8 Å². The van der Waals surface area contributed by atoms with Crippen molar-refractivity contribution < 1.29 is 55.6 Å². The first kappa shape index (κ1) is 30.5. The summed E-state index contributed by atoms with van der Waals surface area (Å²) in [6.45, 7) is 8.10. The monoisotopic (exact) mass is 504 g/mol. The van der Waals surface area contributed by atoms with Crippen LogP contribution in [0.15, 0.2) is 0 Å². The molecule has 0 aromatic heterocycles. The Morgan fingerprint density at radius 2 is 1.15 bits per heavy atom. The second-order valence-corrected chi connectivity index (χ2v) is 9.27. The number of ether oxygens (including phenoxy) is 6. The summed E-state index contributed by atoms with van der Waals surface area (Å²) in [5, 5.41) is 0. The van der Waals surface area contributed by atoms with E-state index in [9.17, 15) is 27.2 Å². The van der Waals surface area contributed by atoms with Crippen LogP contribution in [0.1, 0.15) is 53.4 Å². The molecule has 2 aliphatic rings. The first-order valence-corrected chi connectivity index (χ1v) is 11.0. The molecule has 2 rings (SSSR count). The zero-order valence-electron chi connectivity index (χ0n) is 20.6. The van der Waals surface area contributed by atoms with Crippen LogP contribution in [0, 0.1) is 10.8 Å². The van der Waals surface area contributed by atoms with Crippen molar-refractivity contribution >= 4 is 11.9 Å². The highest BCUT2D eigenvalue weighted by molar-refractivity contribution is 5.74. The minimum atomic E-state index is -3.35. The smallest absolute Gasteiger partial charge is 0.311 e. The van der Waals surface area contributed by atoms with Gasteiger partial charge in [-0.2, -0.15) is 0 Å². The Bertz CT molecular complexity index is 617. The summed E-state index contributed by atoms with van der Waals surface area (Å²) < 4.78 is 79.2. The van der Waals surface area contributed by atoms with Crippen molar-refractivity contribution in [3.8, 4) is 0 Å². The largest absolute Gasteiger partial charge is 0.469 e. The Labute approximate surface area is 197 Å². The summed E-state index contributed by atoms with van der Waals surface area (Å²) in [4.78, 5) is 23.0. The van der Waals surface area contributed by atoms with E-state index in [0.29, 0.717) is 13.2 Å². The molecule has 200 valence electrons. The van der Waals surface area contributed by atoms with Gasteiger partial charge in [-0.25, -0.2) is 17.6 Å². The Balaban J connectivity index is 0.000000362. The molecule has 0 radical (unpaired) electrons. The molecule has 0 bridgehead atoms. The summed E-state index contributed by atoms with van der Waals surface area (Å²) >= 11 is 0. The van der Waals surface area contributed by atoms with Crippen molar-refractivity contribution in [3.63, 3.8) is 0 Å². The quantitative estimate of drug-likeness (QED) is 0.363. The van der Waals surface area contributed by atoms with Gasteiger partial charge in [0.15, 0.2) is 5.79 Å². The molecule has 0 aliphatic carbocycles. The van der Waals surface area contributed by atoms with E-state index in [1.54, 1.807) is 13.8 Å². The molecule has 0 amide bonds. The summed E-state index contributed by atoms with van der Waals surface area (Å²) in [6.07, 6.45) is -5.12. The Hall–Kier alpha value is -1.50. The normalized spacial score (nSPS) is 22.5. The van der Waals surface area contributed by atoms with E-state index >= 15 is 0 Å². The van der Waals surface area contributed by atoms with Gasteiger partial charge in [-0.05, 0) is 12.8 Å². The van der Waals surface area contributed by atoms with Crippen molar-refractivity contribution in [3.05, 3.63) is 0 Å². The van der Waals surface area contributed by atoms with Gasteiger partial charge in [-0.1, -0.05) is 27.7 Å². The summed E-state index contributed by atoms with van der Waals surface area (Å²) in [5.41, 5.74) is -0.566. The zero-order chi connectivity index (χ0) is 26.2. The van der Waals surface area contributed by atoms with Gasteiger partial charge >= 0.3 is 11.9 Å². The third-order valence-electron chi connectivity index (χ3n) is 6.05. The van der Waals surface area contributed by atoms with Crippen LogP contribution in [0.5, 0.6) is 0 Å². The van der Waals surface area contributed by atoms with E-state index in [2.05, 4.69) is 32.8 Å². The number of carbonyl (C=O) groups is 2. The molecule has 34 heavy (non-hydrogen) atoms. The molecule has 2 fully saturated rings. The maximum Gasteiger partial charge on any atom is 0.311 e. The predicted molar refractivity (Wildman–Crippen MR) is 111 cm³/mol. The maximum absolute atomic E-state index is 12.3. The Morgan fingerprint density at radius 1 is 0.765 bits per heavy atom. The molecule has 0 N–H and O–H groups in total. The number of alkyl halides is 4. The van der Waals surface area contributed by atoms with Crippen LogP contribution in [-0.4, -0.2) is 77.0 Å². The van der Waals surface area contributed by atoms with Gasteiger partial charge in [0, 0.05) is 10.8 Å². The fourth-order valence-electron chi connectivity index (χ4n) is 3.21. The lowest BCUT2D eigenvalue weighted by molar-refractivity contribution is -0.380. The molecule has 2 heterocycles. The van der Waals surface area contributed by atoms with Crippen molar-refractivity contribution in [1.29, 1.82) is 0 Å². The lowest BCUT2D eigenvalue weighted by Crippen LogP contribution is -2.56. The van der Waals surface area contributed by atoms with Crippen LogP contribution in [0.25, 0.3) is 0 Å². The average molecular weight is 505 g/mol. The Morgan fingerprint density at radius 3 is 1.44 bits per heavy atom. The molecular formula is C22H36F4O8. The van der Waals surface area contributed by atoms with Gasteiger partial charge in [0.1, 0.15) is 12.8 Å². The van der Waals surface area contributed by atoms with Gasteiger partial charge < -0.3 is 28.4 Å². The summed E-state index contributed by atoms with van der Waals surface area (Å²) in [6, 6.07) is 0. The third-order valence-corrected chi connectivity index (χ3v) is 6.05. The van der Waals surface area contributed by atoms with Crippen LogP contribution < -0.4 is 0 Å². The number of hydrogen-bond donors (Lipinski definition) is 0. The van der Waals surface area contributed by atoms with Crippen molar-refractivity contribution in [1.82, 2.24) is 0 Å². The fraction of sp³-hybridized carbons (Fsp3) is 0.909. The fourth-order valence-corrected chi connectivity index (χ4v) is 3.21. The number of rotatable bonds is 8. The van der Waals surface area contributed by atoms with Crippen LogP contribution in [0.2, 0.25) is 0 Å². The van der Waals surface area contributed by atoms with Gasteiger partial charge in [0.25, 0.3) is 18.6 Å². The molecule has 0 spiro atoms. The van der Waals surface area contributed by atoms with Gasteiger partial charge in [0.2, 0.25) is 0 Å². The SMILES string of the molecule is CC1(C)COC(C(F)F)(C(F)F)OC1.CCC1(CC)COC(CC(=O)OC)(CC(=O)OC)OC1. The summed E-state index contributed by atoms with van der Waals surface area (Å²) in [7, 11) is 2.58. The molecule has 2 saturated heterocycles. The number of hydrogen-bond acceptors (Lipinski definition) is 8. The first-order chi connectivity index (χ1) is 15.7. The molecule has 0 atom stereocenters. The van der Waals surface area contributed by atoms with Crippen molar-refractivity contribution in [2.24, 2.45) is 10.8 Å². The van der Waals surface area contributed by atoms with E-state index in [0.717, 1.165) is 12.8 Å². The third kappa shape index (κ3) is 7.76. The highest BCUT2D eigenvalue weighted by atomic mass is 19.3. The lowest BCUT2D eigenvalue weighted by Gasteiger charge is -2.45. The van der Waals surface area contributed by atoms with Crippen LogP contribution >= 0.6 is 0 Å². The molecule has 12 heteroatoms. The molecule has 8 nitrogen and oxygen atoms in total. The highest BCUT2D eigenvalue weighted by Crippen LogP contribution is 2.39. The minimum absolute atomic E-state index is 0.0598. The number of esters is 2. The molecule has 0 aromatic rings. The van der Waals surface area contributed by atoms with Crippen molar-refractivity contribution in [2.75, 3.05) is 40.6 Å². The van der Waals surface area contributed by atoms with Crippen LogP contribution in [0.3, 0.4) is 0 Å². The standard InChI is InChI=1S/C14H24O6.C8H12F4O2/c1-5-13(6-2)9-19-14(20-10-13,7-11(15)17-3)8-12(16)18-4;1-7(2)3-13-8(5(9)10,6(11)12)14-4-7/h5-10H2,1-4H3;5-6H,3-4H2,1-2H3. The van der Waals surface area contributed by atoms with E-state index in [1.165, 1.54) is 14.2 Å². The molecule has 2 aliphatic heterocycles. The number of halogens is 4. The van der Waals surface area contributed by atoms with E-state index in [-0.39, 0.29) is 31.5 Å². The highest BCUT2D eigenvalue weighted by Gasteiger charge is 2.55. The topological polar surface area (TPSA) is 89.5 Å².